The van der Waals surface area contributed by atoms with E-state index < -0.39 is 0 Å². The normalized spacial score (nSPS) is 19.5. The van der Waals surface area contributed by atoms with Crippen LogP contribution in [0.4, 0.5) is 17.3 Å². The van der Waals surface area contributed by atoms with Gasteiger partial charge in [0.2, 0.25) is 0 Å². The van der Waals surface area contributed by atoms with E-state index in [1.54, 1.807) is 4.52 Å². The van der Waals surface area contributed by atoms with Crippen LogP contribution in [0, 0.1) is 13.8 Å². The zero-order valence-corrected chi connectivity index (χ0v) is 19.2. The standard InChI is InChI=1S/C22H27ClN8/c1-12-6-19(27-31-11-15(4)25-22(12)31)26-21-20-17(23)7-16(8-18(20)29(5)28-21)30-9-13(2)24-14(3)10-30/h6-8,11,13-14,24H,9-10H2,1-5H3,(H,26,27,28)/t13-,14-/m1/s1. The van der Waals surface area contributed by atoms with E-state index in [0.29, 0.717) is 28.7 Å². The average Bonchev–Trinajstić information content (AvgIpc) is 3.21. The Balaban J connectivity index is 1.53. The first kappa shape index (κ1) is 20.1. The first-order valence-electron chi connectivity index (χ1n) is 10.6. The quantitative estimate of drug-likeness (QED) is 0.506. The van der Waals surface area contributed by atoms with Crippen LogP contribution in [0.15, 0.2) is 24.4 Å². The summed E-state index contributed by atoms with van der Waals surface area (Å²) in [5.74, 6) is 1.39. The summed E-state index contributed by atoms with van der Waals surface area (Å²) in [5, 5.41) is 17.9. The van der Waals surface area contributed by atoms with Crippen LogP contribution in [0.1, 0.15) is 25.1 Å². The number of benzene rings is 1. The van der Waals surface area contributed by atoms with Gasteiger partial charge in [0.05, 0.1) is 27.8 Å². The molecule has 0 radical (unpaired) electrons. The van der Waals surface area contributed by atoms with Gasteiger partial charge in [-0.15, -0.1) is 5.10 Å². The molecule has 9 heteroatoms. The van der Waals surface area contributed by atoms with Crippen molar-refractivity contribution in [2.45, 2.75) is 39.8 Å². The van der Waals surface area contributed by atoms with Crippen molar-refractivity contribution in [3.63, 3.8) is 0 Å². The highest BCUT2D eigenvalue weighted by Gasteiger charge is 2.23. The van der Waals surface area contributed by atoms with Gasteiger partial charge in [0, 0.05) is 37.9 Å². The van der Waals surface area contributed by atoms with Crippen molar-refractivity contribution >= 4 is 45.5 Å². The number of fused-ring (bicyclic) bond motifs is 2. The molecule has 0 unspecified atom stereocenters. The van der Waals surface area contributed by atoms with Crippen molar-refractivity contribution in [1.82, 2.24) is 29.7 Å². The lowest BCUT2D eigenvalue weighted by Gasteiger charge is -2.37. The number of rotatable bonds is 3. The van der Waals surface area contributed by atoms with Gasteiger partial charge in [0.1, 0.15) is 0 Å². The minimum absolute atomic E-state index is 0.429. The molecular weight excluding hydrogens is 412 g/mol. The fraction of sp³-hybridized carbons (Fsp3) is 0.409. The first-order chi connectivity index (χ1) is 14.8. The second-order valence-corrected chi connectivity index (χ2v) is 9.06. The summed E-state index contributed by atoms with van der Waals surface area (Å²) in [4.78, 5) is 6.90. The molecule has 4 aromatic rings. The van der Waals surface area contributed by atoms with Crippen LogP contribution >= 0.6 is 11.6 Å². The molecule has 0 amide bonds. The maximum Gasteiger partial charge on any atom is 0.163 e. The summed E-state index contributed by atoms with van der Waals surface area (Å²) in [7, 11) is 1.94. The summed E-state index contributed by atoms with van der Waals surface area (Å²) in [6, 6.07) is 7.05. The van der Waals surface area contributed by atoms with Crippen LogP contribution < -0.4 is 15.5 Å². The van der Waals surface area contributed by atoms with Crippen molar-refractivity contribution in [3.05, 3.63) is 40.7 Å². The first-order valence-corrected chi connectivity index (χ1v) is 10.9. The third-order valence-electron chi connectivity index (χ3n) is 5.79. The molecule has 4 heterocycles. The fourth-order valence-electron chi connectivity index (χ4n) is 4.56. The second kappa shape index (κ2) is 7.39. The molecule has 1 aliphatic heterocycles. The summed E-state index contributed by atoms with van der Waals surface area (Å²) < 4.78 is 3.67. The molecule has 2 atom stereocenters. The number of anilines is 3. The van der Waals surface area contributed by atoms with E-state index in [2.05, 4.69) is 45.5 Å². The maximum atomic E-state index is 6.80. The molecule has 8 nitrogen and oxygen atoms in total. The molecule has 0 bridgehead atoms. The Morgan fingerprint density at radius 2 is 1.84 bits per heavy atom. The van der Waals surface area contributed by atoms with Crippen LogP contribution in [-0.2, 0) is 7.05 Å². The van der Waals surface area contributed by atoms with Crippen LogP contribution in [0.25, 0.3) is 16.6 Å². The Kier molecular flexibility index (Phi) is 4.79. The minimum Gasteiger partial charge on any atom is -0.368 e. The van der Waals surface area contributed by atoms with Gasteiger partial charge < -0.3 is 15.5 Å². The number of halogens is 1. The SMILES string of the molecule is Cc1cn2nc(Nc3nn(C)c4cc(N5C[C@@H](C)N[C@H](C)C5)cc(Cl)c34)cc(C)c2n1. The Hall–Kier alpha value is -2.84. The van der Waals surface area contributed by atoms with E-state index in [1.807, 2.05) is 43.9 Å². The van der Waals surface area contributed by atoms with Gasteiger partial charge in [0.25, 0.3) is 0 Å². The topological polar surface area (TPSA) is 75.3 Å². The average molecular weight is 439 g/mol. The predicted molar refractivity (Wildman–Crippen MR) is 126 cm³/mol. The van der Waals surface area contributed by atoms with E-state index in [1.165, 1.54) is 0 Å². The number of nitrogens with one attached hydrogen (secondary N) is 2. The van der Waals surface area contributed by atoms with E-state index in [0.717, 1.165) is 46.6 Å². The highest BCUT2D eigenvalue weighted by atomic mass is 35.5. The lowest BCUT2D eigenvalue weighted by atomic mass is 10.1. The summed E-state index contributed by atoms with van der Waals surface area (Å²) in [6.07, 6.45) is 1.92. The summed E-state index contributed by atoms with van der Waals surface area (Å²) in [6.45, 7) is 10.3. The molecule has 1 fully saturated rings. The van der Waals surface area contributed by atoms with E-state index in [-0.39, 0.29) is 0 Å². The Morgan fingerprint density at radius 1 is 1.10 bits per heavy atom. The maximum absolute atomic E-state index is 6.80. The molecule has 0 saturated carbocycles. The van der Waals surface area contributed by atoms with Gasteiger partial charge in [-0.3, -0.25) is 4.68 Å². The molecule has 1 aliphatic rings. The van der Waals surface area contributed by atoms with E-state index in [4.69, 9.17) is 16.7 Å². The number of piperazine rings is 1. The number of imidazole rings is 1. The Labute approximate surface area is 186 Å². The van der Waals surface area contributed by atoms with Gasteiger partial charge in [-0.1, -0.05) is 11.6 Å². The van der Waals surface area contributed by atoms with Crippen molar-refractivity contribution in [2.24, 2.45) is 7.05 Å². The third-order valence-corrected chi connectivity index (χ3v) is 6.09. The fourth-order valence-corrected chi connectivity index (χ4v) is 4.85. The van der Waals surface area contributed by atoms with Gasteiger partial charge >= 0.3 is 0 Å². The van der Waals surface area contributed by atoms with Crippen molar-refractivity contribution in [1.29, 1.82) is 0 Å². The number of hydrogen-bond acceptors (Lipinski definition) is 6. The lowest BCUT2D eigenvalue weighted by Crippen LogP contribution is -2.54. The monoisotopic (exact) mass is 438 g/mol. The van der Waals surface area contributed by atoms with Crippen molar-refractivity contribution in [3.8, 4) is 0 Å². The number of aromatic nitrogens is 5. The molecule has 3 aromatic heterocycles. The zero-order chi connectivity index (χ0) is 21.9. The molecule has 31 heavy (non-hydrogen) atoms. The molecule has 0 aliphatic carbocycles. The smallest absolute Gasteiger partial charge is 0.163 e. The summed E-state index contributed by atoms with van der Waals surface area (Å²) >= 11 is 6.80. The zero-order valence-electron chi connectivity index (χ0n) is 18.4. The van der Waals surface area contributed by atoms with Crippen LogP contribution in [0.3, 0.4) is 0 Å². The Bertz CT molecular complexity index is 1280. The number of aryl methyl sites for hydroxylation is 3. The second-order valence-electron chi connectivity index (χ2n) is 8.66. The van der Waals surface area contributed by atoms with Gasteiger partial charge in [-0.2, -0.15) is 5.10 Å². The van der Waals surface area contributed by atoms with E-state index >= 15 is 0 Å². The largest absolute Gasteiger partial charge is 0.368 e. The van der Waals surface area contributed by atoms with Crippen molar-refractivity contribution < 1.29 is 0 Å². The van der Waals surface area contributed by atoms with Gasteiger partial charge in [0.15, 0.2) is 17.3 Å². The minimum atomic E-state index is 0.429. The third kappa shape index (κ3) is 3.59. The van der Waals surface area contributed by atoms with Crippen LogP contribution in [0.2, 0.25) is 5.02 Å². The summed E-state index contributed by atoms with van der Waals surface area (Å²) in [5.41, 5.74) is 4.94. The molecule has 2 N–H and O–H groups in total. The molecule has 0 spiro atoms. The van der Waals surface area contributed by atoms with Crippen molar-refractivity contribution in [2.75, 3.05) is 23.3 Å². The molecule has 1 aromatic carbocycles. The van der Waals surface area contributed by atoms with Crippen LogP contribution in [-0.4, -0.2) is 49.6 Å². The number of nitrogens with zero attached hydrogens (tertiary/aromatic N) is 6. The van der Waals surface area contributed by atoms with Gasteiger partial charge in [-0.25, -0.2) is 9.50 Å². The Morgan fingerprint density at radius 3 is 2.58 bits per heavy atom. The van der Waals surface area contributed by atoms with Crippen LogP contribution in [0.5, 0.6) is 0 Å². The predicted octanol–water partition coefficient (Wildman–Crippen LogP) is 3.82. The highest BCUT2D eigenvalue weighted by Crippen LogP contribution is 2.36. The lowest BCUT2D eigenvalue weighted by molar-refractivity contribution is 0.407. The molecule has 1 saturated heterocycles. The molecule has 162 valence electrons. The van der Waals surface area contributed by atoms with E-state index in [9.17, 15) is 0 Å². The van der Waals surface area contributed by atoms with Gasteiger partial charge in [-0.05, 0) is 51.5 Å². The number of hydrogen-bond donors (Lipinski definition) is 2. The molecular formula is C22H27ClN8. The molecule has 5 rings (SSSR count). The highest BCUT2D eigenvalue weighted by molar-refractivity contribution is 6.37.